The van der Waals surface area contributed by atoms with Crippen LogP contribution in [0.5, 0.6) is 0 Å². The molecule has 0 spiro atoms. The Morgan fingerprint density at radius 1 is 1.30 bits per heavy atom. The highest BCUT2D eigenvalue weighted by molar-refractivity contribution is 7.89. The summed E-state index contributed by atoms with van der Waals surface area (Å²) >= 11 is 5.98. The third-order valence-electron chi connectivity index (χ3n) is 3.96. The summed E-state index contributed by atoms with van der Waals surface area (Å²) in [5.74, 6) is 0. The third kappa shape index (κ3) is 3.17. The summed E-state index contributed by atoms with van der Waals surface area (Å²) in [7, 11) is -1.88. The monoisotopic (exact) mass is 317 g/mol. The van der Waals surface area contributed by atoms with E-state index in [-0.39, 0.29) is 22.6 Å². The molecule has 1 aromatic carbocycles. The zero-order valence-corrected chi connectivity index (χ0v) is 13.1. The van der Waals surface area contributed by atoms with Gasteiger partial charge in [0.05, 0.1) is 11.5 Å². The first-order valence-corrected chi connectivity index (χ1v) is 8.66. The van der Waals surface area contributed by atoms with E-state index in [4.69, 9.17) is 16.7 Å². The molecule has 0 unspecified atom stereocenters. The molecule has 0 atom stereocenters. The third-order valence-corrected chi connectivity index (χ3v) is 6.22. The maximum atomic E-state index is 12.6. The zero-order valence-electron chi connectivity index (χ0n) is 11.5. The quantitative estimate of drug-likeness (QED) is 0.929. The molecule has 0 saturated heterocycles. The summed E-state index contributed by atoms with van der Waals surface area (Å²) in [6.07, 6.45) is 5.17. The van der Waals surface area contributed by atoms with Gasteiger partial charge in [-0.2, -0.15) is 4.31 Å². The molecule has 4 nitrogen and oxygen atoms in total. The van der Waals surface area contributed by atoms with Crippen LogP contribution in [0.2, 0.25) is 5.02 Å². The van der Waals surface area contributed by atoms with Gasteiger partial charge < -0.3 is 5.11 Å². The van der Waals surface area contributed by atoms with Gasteiger partial charge in [0.15, 0.2) is 0 Å². The van der Waals surface area contributed by atoms with Crippen molar-refractivity contribution in [1.29, 1.82) is 0 Å². The van der Waals surface area contributed by atoms with Crippen molar-refractivity contribution in [3.8, 4) is 0 Å². The molecule has 20 heavy (non-hydrogen) atoms. The summed E-state index contributed by atoms with van der Waals surface area (Å²) in [5.41, 5.74) is 0.533. The smallest absolute Gasteiger partial charge is 0.243 e. The summed E-state index contributed by atoms with van der Waals surface area (Å²) in [5, 5.41) is 9.36. The summed E-state index contributed by atoms with van der Waals surface area (Å²) in [4.78, 5) is 0.188. The average Bonchev–Trinajstić information content (AvgIpc) is 2.47. The number of sulfonamides is 1. The Labute approximate surface area is 125 Å². The van der Waals surface area contributed by atoms with Gasteiger partial charge in [0.1, 0.15) is 0 Å². The summed E-state index contributed by atoms with van der Waals surface area (Å²) in [6, 6.07) is 4.56. The van der Waals surface area contributed by atoms with Crippen molar-refractivity contribution >= 4 is 21.6 Å². The van der Waals surface area contributed by atoms with Crippen LogP contribution in [-0.2, 0) is 16.6 Å². The van der Waals surface area contributed by atoms with Crippen LogP contribution in [0.4, 0.5) is 0 Å². The van der Waals surface area contributed by atoms with Crippen LogP contribution in [0.3, 0.4) is 0 Å². The lowest BCUT2D eigenvalue weighted by Gasteiger charge is -2.30. The normalized spacial score (nSPS) is 17.6. The maximum Gasteiger partial charge on any atom is 0.243 e. The maximum absolute atomic E-state index is 12.6. The molecule has 1 aliphatic rings. The fourth-order valence-electron chi connectivity index (χ4n) is 2.62. The molecule has 1 saturated carbocycles. The van der Waals surface area contributed by atoms with Crippen molar-refractivity contribution in [2.45, 2.75) is 49.6 Å². The fraction of sp³-hybridized carbons (Fsp3) is 0.571. The first-order chi connectivity index (χ1) is 9.46. The van der Waals surface area contributed by atoms with E-state index in [1.54, 1.807) is 13.1 Å². The van der Waals surface area contributed by atoms with E-state index in [1.807, 2.05) is 0 Å². The lowest BCUT2D eigenvalue weighted by atomic mass is 9.96. The van der Waals surface area contributed by atoms with Gasteiger partial charge in [0.2, 0.25) is 10.0 Å². The molecule has 112 valence electrons. The minimum absolute atomic E-state index is 0.0741. The number of aliphatic hydroxyl groups is 1. The van der Waals surface area contributed by atoms with Crippen molar-refractivity contribution in [1.82, 2.24) is 4.31 Å². The molecule has 1 N–H and O–H groups in total. The molecular formula is C14H20ClNO3S. The lowest BCUT2D eigenvalue weighted by molar-refractivity contribution is 0.281. The minimum atomic E-state index is -3.52. The van der Waals surface area contributed by atoms with Gasteiger partial charge >= 0.3 is 0 Å². The van der Waals surface area contributed by atoms with E-state index >= 15 is 0 Å². The predicted molar refractivity (Wildman–Crippen MR) is 79.2 cm³/mol. The number of hydrogen-bond acceptors (Lipinski definition) is 3. The van der Waals surface area contributed by atoms with Gasteiger partial charge in [0, 0.05) is 18.1 Å². The van der Waals surface area contributed by atoms with Crippen molar-refractivity contribution < 1.29 is 13.5 Å². The SMILES string of the molecule is CN(C1CCCCC1)S(=O)(=O)c1ccc(CO)c(Cl)c1. The Bertz CT molecular complexity index is 568. The second kappa shape index (κ2) is 6.43. The minimum Gasteiger partial charge on any atom is -0.392 e. The first kappa shape index (κ1) is 15.8. The first-order valence-electron chi connectivity index (χ1n) is 6.84. The van der Waals surface area contributed by atoms with Crippen LogP contribution < -0.4 is 0 Å². The second-order valence-corrected chi connectivity index (χ2v) is 7.63. The zero-order chi connectivity index (χ0) is 14.8. The van der Waals surface area contributed by atoms with Crippen LogP contribution in [0.15, 0.2) is 23.1 Å². The van der Waals surface area contributed by atoms with Crippen molar-refractivity contribution in [2.24, 2.45) is 0 Å². The van der Waals surface area contributed by atoms with Gasteiger partial charge in [-0.05, 0) is 30.5 Å². The van der Waals surface area contributed by atoms with Crippen LogP contribution >= 0.6 is 11.6 Å². The molecular weight excluding hydrogens is 298 g/mol. The number of benzene rings is 1. The molecule has 0 amide bonds. The number of halogens is 1. The standard InChI is InChI=1S/C14H20ClNO3S/c1-16(12-5-3-2-4-6-12)20(18,19)13-8-7-11(10-17)14(15)9-13/h7-9,12,17H,2-6,10H2,1H3. The van der Waals surface area contributed by atoms with Crippen LogP contribution in [-0.4, -0.2) is 30.9 Å². The van der Waals surface area contributed by atoms with Gasteiger partial charge in [-0.15, -0.1) is 0 Å². The van der Waals surface area contributed by atoms with Crippen LogP contribution in [0.25, 0.3) is 0 Å². The van der Waals surface area contributed by atoms with E-state index in [0.29, 0.717) is 5.56 Å². The highest BCUT2D eigenvalue weighted by atomic mass is 35.5. The van der Waals surface area contributed by atoms with E-state index in [2.05, 4.69) is 0 Å². The topological polar surface area (TPSA) is 57.6 Å². The van der Waals surface area contributed by atoms with Crippen LogP contribution in [0, 0.1) is 0 Å². The summed E-state index contributed by atoms with van der Waals surface area (Å²) in [6.45, 7) is -0.197. The largest absolute Gasteiger partial charge is 0.392 e. The molecule has 1 aromatic rings. The average molecular weight is 318 g/mol. The molecule has 0 bridgehead atoms. The highest BCUT2D eigenvalue weighted by Crippen LogP contribution is 2.28. The molecule has 0 radical (unpaired) electrons. The molecule has 1 fully saturated rings. The number of hydrogen-bond donors (Lipinski definition) is 1. The Hall–Kier alpha value is -0.620. The number of nitrogens with zero attached hydrogens (tertiary/aromatic N) is 1. The Morgan fingerprint density at radius 3 is 2.50 bits per heavy atom. The Kier molecular flexibility index (Phi) is 5.07. The molecule has 0 aliphatic heterocycles. The van der Waals surface area contributed by atoms with E-state index in [0.717, 1.165) is 25.7 Å². The van der Waals surface area contributed by atoms with Gasteiger partial charge in [-0.1, -0.05) is 36.9 Å². The molecule has 1 aliphatic carbocycles. The van der Waals surface area contributed by atoms with E-state index in [9.17, 15) is 8.42 Å². The second-order valence-electron chi connectivity index (χ2n) is 5.22. The van der Waals surface area contributed by atoms with E-state index < -0.39 is 10.0 Å². The predicted octanol–water partition coefficient (Wildman–Crippen LogP) is 2.79. The van der Waals surface area contributed by atoms with Gasteiger partial charge in [-0.3, -0.25) is 0 Å². The van der Waals surface area contributed by atoms with Gasteiger partial charge in [0.25, 0.3) is 0 Å². The number of rotatable bonds is 4. The van der Waals surface area contributed by atoms with Crippen molar-refractivity contribution in [3.63, 3.8) is 0 Å². The van der Waals surface area contributed by atoms with Gasteiger partial charge in [-0.25, -0.2) is 8.42 Å². The Balaban J connectivity index is 2.27. The van der Waals surface area contributed by atoms with E-state index in [1.165, 1.54) is 22.9 Å². The number of aliphatic hydroxyl groups excluding tert-OH is 1. The fourth-order valence-corrected chi connectivity index (χ4v) is 4.37. The highest BCUT2D eigenvalue weighted by Gasteiger charge is 2.29. The summed E-state index contributed by atoms with van der Waals surface area (Å²) < 4.78 is 26.6. The Morgan fingerprint density at radius 2 is 1.95 bits per heavy atom. The molecule has 0 heterocycles. The molecule has 6 heteroatoms. The molecule has 2 rings (SSSR count). The van der Waals surface area contributed by atoms with Crippen molar-refractivity contribution in [3.05, 3.63) is 28.8 Å². The lowest BCUT2D eigenvalue weighted by Crippen LogP contribution is -2.38. The van der Waals surface area contributed by atoms with Crippen molar-refractivity contribution in [2.75, 3.05) is 7.05 Å². The van der Waals surface area contributed by atoms with Crippen LogP contribution in [0.1, 0.15) is 37.7 Å². The molecule has 0 aromatic heterocycles.